The summed E-state index contributed by atoms with van der Waals surface area (Å²) in [5, 5.41) is 10.2. The zero-order valence-electron chi connectivity index (χ0n) is 5.75. The van der Waals surface area contributed by atoms with Crippen molar-refractivity contribution in [2.24, 2.45) is 0 Å². The number of halogens is 2. The lowest BCUT2D eigenvalue weighted by Gasteiger charge is -1.99. The number of nitrogens with zero attached hydrogens (tertiary/aromatic N) is 1. The Morgan fingerprint density at radius 1 is 1.58 bits per heavy atom. The summed E-state index contributed by atoms with van der Waals surface area (Å²) in [6.07, 6.45) is 0. The molecule has 0 saturated carbocycles. The Labute approximate surface area is 75.5 Å². The molecule has 0 unspecified atom stereocenters. The fourth-order valence-electron chi connectivity index (χ4n) is 0.699. The Kier molecular flexibility index (Phi) is 2.27. The van der Waals surface area contributed by atoms with Crippen molar-refractivity contribution in [1.82, 2.24) is 0 Å². The van der Waals surface area contributed by atoms with Crippen molar-refractivity contribution in [3.05, 3.63) is 32.5 Å². The van der Waals surface area contributed by atoms with Crippen LogP contribution in [0.4, 0.5) is 15.8 Å². The monoisotopic (exact) mass is 234 g/mol. The topological polar surface area (TPSA) is 69.2 Å². The third kappa shape index (κ3) is 1.38. The number of hydrogen-bond donors (Lipinski definition) is 1. The van der Waals surface area contributed by atoms with Crippen LogP contribution in [0.2, 0.25) is 0 Å². The van der Waals surface area contributed by atoms with Gasteiger partial charge in [0.25, 0.3) is 0 Å². The molecular weight excluding hydrogens is 231 g/mol. The van der Waals surface area contributed by atoms with Gasteiger partial charge in [0.15, 0.2) is 0 Å². The number of nitrogens with two attached hydrogens (primary N) is 1. The van der Waals surface area contributed by atoms with Crippen LogP contribution >= 0.6 is 15.9 Å². The molecular formula is C6H4BrFN2O2. The number of anilines is 1. The van der Waals surface area contributed by atoms with E-state index in [1.54, 1.807) is 0 Å². The number of nitro groups is 1. The summed E-state index contributed by atoms with van der Waals surface area (Å²) in [4.78, 5) is 9.36. The normalized spacial score (nSPS) is 9.83. The maximum Gasteiger partial charge on any atom is 0.307 e. The third-order valence-electron chi connectivity index (χ3n) is 1.30. The summed E-state index contributed by atoms with van der Waals surface area (Å²) < 4.78 is 13.2. The second-order valence-electron chi connectivity index (χ2n) is 2.05. The number of nitro benzene ring substituents is 1. The first-order valence-electron chi connectivity index (χ1n) is 2.92. The van der Waals surface area contributed by atoms with E-state index >= 15 is 0 Å². The molecule has 0 amide bonds. The molecule has 1 aromatic carbocycles. The average molecular weight is 235 g/mol. The fraction of sp³-hybridized carbons (Fsp3) is 0. The fourth-order valence-corrected chi connectivity index (χ4v) is 1.01. The molecule has 0 radical (unpaired) electrons. The number of benzene rings is 1. The van der Waals surface area contributed by atoms with Crippen LogP contribution in [0, 0.1) is 15.9 Å². The lowest BCUT2D eigenvalue weighted by molar-refractivity contribution is -0.387. The van der Waals surface area contributed by atoms with Crippen molar-refractivity contribution in [2.45, 2.75) is 0 Å². The van der Waals surface area contributed by atoms with Crippen LogP contribution in [-0.2, 0) is 0 Å². The van der Waals surface area contributed by atoms with Gasteiger partial charge in [-0.2, -0.15) is 4.39 Å². The molecule has 6 heteroatoms. The Balaban J connectivity index is 3.36. The molecule has 0 fully saturated rings. The first-order valence-corrected chi connectivity index (χ1v) is 3.71. The van der Waals surface area contributed by atoms with Crippen molar-refractivity contribution in [3.63, 3.8) is 0 Å². The van der Waals surface area contributed by atoms with Crippen LogP contribution < -0.4 is 5.73 Å². The highest BCUT2D eigenvalue weighted by Gasteiger charge is 2.17. The maximum absolute atomic E-state index is 12.9. The van der Waals surface area contributed by atoms with E-state index in [1.807, 2.05) is 0 Å². The Bertz CT molecular complexity index is 343. The molecule has 0 saturated heterocycles. The van der Waals surface area contributed by atoms with Crippen molar-refractivity contribution in [2.75, 3.05) is 5.73 Å². The first-order chi connectivity index (χ1) is 5.54. The second-order valence-corrected chi connectivity index (χ2v) is 2.91. The summed E-state index contributed by atoms with van der Waals surface area (Å²) >= 11 is 2.94. The van der Waals surface area contributed by atoms with Gasteiger partial charge >= 0.3 is 5.69 Å². The third-order valence-corrected chi connectivity index (χ3v) is 1.99. The molecule has 12 heavy (non-hydrogen) atoms. The van der Waals surface area contributed by atoms with Crippen molar-refractivity contribution < 1.29 is 9.31 Å². The van der Waals surface area contributed by atoms with Gasteiger partial charge < -0.3 is 5.73 Å². The van der Waals surface area contributed by atoms with Gasteiger partial charge in [-0.3, -0.25) is 10.1 Å². The van der Waals surface area contributed by atoms with E-state index in [2.05, 4.69) is 15.9 Å². The molecule has 4 nitrogen and oxygen atoms in total. The summed E-state index contributed by atoms with van der Waals surface area (Å²) in [7, 11) is 0. The molecule has 64 valence electrons. The molecule has 0 aliphatic carbocycles. The van der Waals surface area contributed by atoms with Crippen LogP contribution in [0.25, 0.3) is 0 Å². The molecule has 1 aromatic rings. The minimum Gasteiger partial charge on any atom is -0.395 e. The quantitative estimate of drug-likeness (QED) is 0.460. The molecule has 0 spiro atoms. The highest BCUT2D eigenvalue weighted by molar-refractivity contribution is 9.10. The molecule has 0 atom stereocenters. The number of nitrogen functional groups attached to an aromatic ring is 1. The van der Waals surface area contributed by atoms with Gasteiger partial charge in [0.1, 0.15) is 0 Å². The molecule has 1 rings (SSSR count). The highest BCUT2D eigenvalue weighted by Crippen LogP contribution is 2.28. The van der Waals surface area contributed by atoms with Gasteiger partial charge in [0, 0.05) is 10.5 Å². The SMILES string of the molecule is Nc1c(Br)ccc([N+](=O)[O-])c1F. The van der Waals surface area contributed by atoms with Gasteiger partial charge in [-0.1, -0.05) is 0 Å². The lowest BCUT2D eigenvalue weighted by atomic mass is 10.3. The van der Waals surface area contributed by atoms with Gasteiger partial charge in [-0.05, 0) is 22.0 Å². The van der Waals surface area contributed by atoms with E-state index in [9.17, 15) is 14.5 Å². The van der Waals surface area contributed by atoms with Crippen LogP contribution in [0.5, 0.6) is 0 Å². The van der Waals surface area contributed by atoms with E-state index in [-0.39, 0.29) is 5.69 Å². The number of hydrogen-bond acceptors (Lipinski definition) is 3. The predicted octanol–water partition coefficient (Wildman–Crippen LogP) is 2.08. The Morgan fingerprint density at radius 3 is 2.67 bits per heavy atom. The molecule has 0 aliphatic rings. The average Bonchev–Trinajstić information content (AvgIpc) is 2.00. The smallest absolute Gasteiger partial charge is 0.307 e. The lowest BCUT2D eigenvalue weighted by Crippen LogP contribution is -1.98. The zero-order chi connectivity index (χ0) is 9.30. The Hall–Kier alpha value is -1.17. The summed E-state index contributed by atoms with van der Waals surface area (Å²) in [6, 6.07) is 2.38. The summed E-state index contributed by atoms with van der Waals surface area (Å²) in [5.74, 6) is -1.01. The van der Waals surface area contributed by atoms with Crippen LogP contribution in [0.1, 0.15) is 0 Å². The minimum atomic E-state index is -1.01. The molecule has 0 aromatic heterocycles. The minimum absolute atomic E-state index is 0.246. The summed E-state index contributed by atoms with van der Waals surface area (Å²) in [5.41, 5.74) is 4.33. The van der Waals surface area contributed by atoms with Crippen molar-refractivity contribution in [3.8, 4) is 0 Å². The van der Waals surface area contributed by atoms with Gasteiger partial charge in [0.2, 0.25) is 5.82 Å². The van der Waals surface area contributed by atoms with E-state index in [0.29, 0.717) is 4.47 Å². The standard InChI is InChI=1S/C6H4BrFN2O2/c7-3-1-2-4(10(11)12)5(8)6(3)9/h1-2H,9H2. The van der Waals surface area contributed by atoms with Crippen LogP contribution in [-0.4, -0.2) is 4.92 Å². The van der Waals surface area contributed by atoms with Gasteiger partial charge in [-0.25, -0.2) is 0 Å². The first kappa shape index (κ1) is 8.92. The largest absolute Gasteiger partial charge is 0.395 e. The van der Waals surface area contributed by atoms with Crippen molar-refractivity contribution >= 4 is 27.3 Å². The van der Waals surface area contributed by atoms with Gasteiger partial charge in [0.05, 0.1) is 10.6 Å². The van der Waals surface area contributed by atoms with Gasteiger partial charge in [-0.15, -0.1) is 0 Å². The number of rotatable bonds is 1. The van der Waals surface area contributed by atoms with E-state index in [1.165, 1.54) is 6.07 Å². The van der Waals surface area contributed by atoms with Crippen LogP contribution in [0.3, 0.4) is 0 Å². The van der Waals surface area contributed by atoms with Crippen molar-refractivity contribution in [1.29, 1.82) is 0 Å². The molecule has 0 heterocycles. The predicted molar refractivity (Wildman–Crippen MR) is 45.2 cm³/mol. The maximum atomic E-state index is 12.9. The molecule has 0 bridgehead atoms. The highest BCUT2D eigenvalue weighted by atomic mass is 79.9. The van der Waals surface area contributed by atoms with E-state index in [0.717, 1.165) is 6.07 Å². The summed E-state index contributed by atoms with van der Waals surface area (Å²) in [6.45, 7) is 0. The Morgan fingerprint density at radius 2 is 2.17 bits per heavy atom. The molecule has 0 aliphatic heterocycles. The van der Waals surface area contributed by atoms with E-state index < -0.39 is 16.4 Å². The molecule has 2 N–H and O–H groups in total. The zero-order valence-corrected chi connectivity index (χ0v) is 7.34. The second kappa shape index (κ2) is 3.06. The van der Waals surface area contributed by atoms with Crippen LogP contribution in [0.15, 0.2) is 16.6 Å². The van der Waals surface area contributed by atoms with E-state index in [4.69, 9.17) is 5.73 Å².